The zero-order valence-corrected chi connectivity index (χ0v) is 16.1. The number of anilines is 2. The highest BCUT2D eigenvalue weighted by Crippen LogP contribution is 2.35. The predicted molar refractivity (Wildman–Crippen MR) is 100 cm³/mol. The number of piperazine rings is 1. The van der Waals surface area contributed by atoms with Crippen LogP contribution in [0.25, 0.3) is 0 Å². The lowest BCUT2D eigenvalue weighted by Gasteiger charge is -2.31. The van der Waals surface area contributed by atoms with E-state index < -0.39 is 17.6 Å². The zero-order valence-electron chi connectivity index (χ0n) is 14.5. The maximum absolute atomic E-state index is 13.0. The highest BCUT2D eigenvalue weighted by molar-refractivity contribution is 8.01. The number of carbonyl (C=O) groups excluding carboxylic acids is 1. The van der Waals surface area contributed by atoms with Crippen LogP contribution in [0.4, 0.5) is 24.0 Å². The highest BCUT2D eigenvalue weighted by atomic mass is 32.2. The Balaban J connectivity index is 1.55. The normalized spacial score (nSPS) is 15.8. The molecule has 2 heterocycles. The molecule has 1 aliphatic rings. The van der Waals surface area contributed by atoms with Crippen molar-refractivity contribution in [3.8, 4) is 0 Å². The number of nitrogens with zero attached hydrogens (tertiary/aromatic N) is 4. The minimum absolute atomic E-state index is 0.0381. The molecule has 3 rings (SSSR count). The van der Waals surface area contributed by atoms with Crippen LogP contribution < -0.4 is 10.2 Å². The predicted octanol–water partition coefficient (Wildman–Crippen LogP) is 3.04. The molecule has 1 aromatic heterocycles. The van der Waals surface area contributed by atoms with Crippen LogP contribution in [0.1, 0.15) is 5.56 Å². The highest BCUT2D eigenvalue weighted by Gasteiger charge is 2.33. The van der Waals surface area contributed by atoms with E-state index in [9.17, 15) is 18.0 Å². The van der Waals surface area contributed by atoms with Crippen LogP contribution in [0, 0.1) is 0 Å². The Hall–Kier alpha value is -1.85. The first-order chi connectivity index (χ1) is 12.8. The largest absolute Gasteiger partial charge is 0.418 e. The summed E-state index contributed by atoms with van der Waals surface area (Å²) in [5, 5.41) is 11.3. The average molecular weight is 417 g/mol. The molecule has 1 fully saturated rings. The van der Waals surface area contributed by atoms with Gasteiger partial charge < -0.3 is 15.1 Å². The molecular weight excluding hydrogens is 399 g/mol. The van der Waals surface area contributed by atoms with Crippen LogP contribution in [0.15, 0.2) is 28.6 Å². The van der Waals surface area contributed by atoms with Gasteiger partial charge in [-0.2, -0.15) is 13.2 Å². The number of halogens is 3. The van der Waals surface area contributed by atoms with Crippen molar-refractivity contribution in [2.75, 3.05) is 49.2 Å². The Morgan fingerprint density at radius 3 is 2.63 bits per heavy atom. The molecular formula is C16H18F3N5OS2. The molecule has 0 radical (unpaired) electrons. The van der Waals surface area contributed by atoms with Crippen molar-refractivity contribution in [1.29, 1.82) is 0 Å². The lowest BCUT2D eigenvalue weighted by atomic mass is 10.1. The van der Waals surface area contributed by atoms with Crippen LogP contribution >= 0.6 is 23.1 Å². The Labute approximate surface area is 162 Å². The summed E-state index contributed by atoms with van der Waals surface area (Å²) in [6.45, 7) is 3.63. The smallest absolute Gasteiger partial charge is 0.344 e. The molecule has 0 atom stereocenters. The fourth-order valence-electron chi connectivity index (χ4n) is 2.54. The van der Waals surface area contributed by atoms with E-state index in [1.807, 2.05) is 0 Å². The molecule has 27 heavy (non-hydrogen) atoms. The van der Waals surface area contributed by atoms with Crippen molar-refractivity contribution in [3.05, 3.63) is 29.8 Å². The SMILES string of the molecule is CN1CCN(c2nnc(SCC(=O)Nc3ccccc3C(F)(F)F)s2)CC1. The first-order valence-corrected chi connectivity index (χ1v) is 9.99. The minimum Gasteiger partial charge on any atom is -0.344 e. The molecule has 0 unspecified atom stereocenters. The molecule has 1 saturated heterocycles. The van der Waals surface area contributed by atoms with Crippen molar-refractivity contribution in [2.45, 2.75) is 10.5 Å². The molecule has 0 aliphatic carbocycles. The van der Waals surface area contributed by atoms with Crippen LogP contribution in [-0.2, 0) is 11.0 Å². The molecule has 2 aromatic rings. The minimum atomic E-state index is -4.52. The van der Waals surface area contributed by atoms with Gasteiger partial charge in [-0.25, -0.2) is 0 Å². The first kappa shape index (κ1) is 19.9. The fraction of sp³-hybridized carbons (Fsp3) is 0.438. The van der Waals surface area contributed by atoms with Gasteiger partial charge in [-0.15, -0.1) is 10.2 Å². The van der Waals surface area contributed by atoms with Gasteiger partial charge in [-0.1, -0.05) is 35.2 Å². The van der Waals surface area contributed by atoms with Crippen LogP contribution in [0.5, 0.6) is 0 Å². The van der Waals surface area contributed by atoms with E-state index in [-0.39, 0.29) is 11.4 Å². The quantitative estimate of drug-likeness (QED) is 0.755. The van der Waals surface area contributed by atoms with Crippen molar-refractivity contribution < 1.29 is 18.0 Å². The molecule has 1 amide bonds. The Kier molecular flexibility index (Phi) is 6.22. The number of hydrogen-bond donors (Lipinski definition) is 1. The van der Waals surface area contributed by atoms with E-state index in [0.29, 0.717) is 4.34 Å². The standard InChI is InChI=1S/C16H18F3N5OS2/c1-23-6-8-24(9-7-23)14-21-22-15(27-14)26-10-13(25)20-12-5-3-2-4-11(12)16(17,18)19/h2-5H,6-10H2,1H3,(H,20,25). The maximum Gasteiger partial charge on any atom is 0.418 e. The fourth-order valence-corrected chi connectivity index (χ4v) is 4.23. The number of alkyl halides is 3. The molecule has 0 spiro atoms. The number of benzene rings is 1. The number of carbonyl (C=O) groups is 1. The van der Waals surface area contributed by atoms with E-state index in [2.05, 4.69) is 32.4 Å². The number of nitrogens with one attached hydrogen (secondary N) is 1. The number of amides is 1. The molecule has 0 saturated carbocycles. The number of aromatic nitrogens is 2. The summed E-state index contributed by atoms with van der Waals surface area (Å²) in [6.07, 6.45) is -4.52. The van der Waals surface area contributed by atoms with Crippen molar-refractivity contribution in [1.82, 2.24) is 15.1 Å². The van der Waals surface area contributed by atoms with Crippen molar-refractivity contribution >= 4 is 39.8 Å². The van der Waals surface area contributed by atoms with Crippen molar-refractivity contribution in [3.63, 3.8) is 0 Å². The monoisotopic (exact) mass is 417 g/mol. The molecule has 146 valence electrons. The molecule has 0 bridgehead atoms. The van der Waals surface area contributed by atoms with E-state index in [0.717, 1.165) is 49.1 Å². The summed E-state index contributed by atoms with van der Waals surface area (Å²) >= 11 is 2.55. The molecule has 1 aliphatic heterocycles. The second-order valence-electron chi connectivity index (χ2n) is 6.02. The summed E-state index contributed by atoms with van der Waals surface area (Å²) in [6, 6.07) is 4.91. The molecule has 1 aromatic carbocycles. The van der Waals surface area contributed by atoms with E-state index in [4.69, 9.17) is 0 Å². The van der Waals surface area contributed by atoms with Gasteiger partial charge >= 0.3 is 6.18 Å². The third kappa shape index (κ3) is 5.33. The van der Waals surface area contributed by atoms with Crippen LogP contribution in [-0.4, -0.2) is 60.0 Å². The lowest BCUT2D eigenvalue weighted by Crippen LogP contribution is -2.44. The van der Waals surface area contributed by atoms with Gasteiger partial charge in [-0.3, -0.25) is 4.79 Å². The van der Waals surface area contributed by atoms with Gasteiger partial charge in [0.25, 0.3) is 0 Å². The third-order valence-corrected chi connectivity index (χ3v) is 6.12. The summed E-state index contributed by atoms with van der Waals surface area (Å²) in [4.78, 5) is 16.4. The Bertz CT molecular complexity index is 790. The van der Waals surface area contributed by atoms with Crippen LogP contribution in [0.3, 0.4) is 0 Å². The number of rotatable bonds is 5. The van der Waals surface area contributed by atoms with Gasteiger partial charge in [0.2, 0.25) is 11.0 Å². The second kappa shape index (κ2) is 8.44. The summed E-state index contributed by atoms with van der Waals surface area (Å²) in [7, 11) is 2.06. The van der Waals surface area contributed by atoms with E-state index in [1.54, 1.807) is 0 Å². The maximum atomic E-state index is 13.0. The van der Waals surface area contributed by atoms with Crippen molar-refractivity contribution in [2.24, 2.45) is 0 Å². The van der Waals surface area contributed by atoms with E-state index >= 15 is 0 Å². The summed E-state index contributed by atoms with van der Waals surface area (Å²) < 4.78 is 39.5. The number of likely N-dealkylation sites (N-methyl/N-ethyl adjacent to an activating group) is 1. The molecule has 11 heteroatoms. The average Bonchev–Trinajstić information content (AvgIpc) is 3.09. The molecule has 6 nitrogen and oxygen atoms in total. The van der Waals surface area contributed by atoms with E-state index in [1.165, 1.54) is 29.5 Å². The zero-order chi connectivity index (χ0) is 19.4. The van der Waals surface area contributed by atoms with Gasteiger partial charge in [0, 0.05) is 26.2 Å². The van der Waals surface area contributed by atoms with Gasteiger partial charge in [0.05, 0.1) is 17.0 Å². The first-order valence-electron chi connectivity index (χ1n) is 8.19. The van der Waals surface area contributed by atoms with Crippen LogP contribution in [0.2, 0.25) is 0 Å². The lowest BCUT2D eigenvalue weighted by molar-refractivity contribution is -0.137. The Morgan fingerprint density at radius 2 is 1.93 bits per heavy atom. The van der Waals surface area contributed by atoms with Gasteiger partial charge in [0.1, 0.15) is 0 Å². The number of hydrogen-bond acceptors (Lipinski definition) is 7. The summed E-state index contributed by atoms with van der Waals surface area (Å²) in [5.74, 6) is -0.558. The number of para-hydroxylation sites is 1. The summed E-state index contributed by atoms with van der Waals surface area (Å²) in [5.41, 5.74) is -1.11. The Morgan fingerprint density at radius 1 is 1.22 bits per heavy atom. The van der Waals surface area contributed by atoms with Gasteiger partial charge in [0.15, 0.2) is 4.34 Å². The second-order valence-corrected chi connectivity index (χ2v) is 8.20. The van der Waals surface area contributed by atoms with Gasteiger partial charge in [-0.05, 0) is 19.2 Å². The molecule has 1 N–H and O–H groups in total. The number of thioether (sulfide) groups is 1. The topological polar surface area (TPSA) is 61.4 Å². The third-order valence-electron chi connectivity index (χ3n) is 4.00.